The molecule has 0 bridgehead atoms. The van der Waals surface area contributed by atoms with E-state index in [1.165, 1.54) is 0 Å². The number of amides is 1. The van der Waals surface area contributed by atoms with Crippen LogP contribution in [-0.4, -0.2) is 31.5 Å². The van der Waals surface area contributed by atoms with E-state index in [0.717, 1.165) is 5.56 Å². The van der Waals surface area contributed by atoms with E-state index in [1.54, 1.807) is 0 Å². The van der Waals surface area contributed by atoms with Gasteiger partial charge in [0.1, 0.15) is 12.3 Å². The molecule has 6 heteroatoms. The van der Waals surface area contributed by atoms with Crippen molar-refractivity contribution >= 4 is 18.5 Å². The fraction of sp³-hybridized carbons (Fsp3) is 0.500. The van der Waals surface area contributed by atoms with Gasteiger partial charge in [-0.15, -0.1) is 12.4 Å². The number of nitrogens with one attached hydrogen (secondary N) is 2. The molecule has 0 unspecified atom stereocenters. The van der Waals surface area contributed by atoms with E-state index in [9.17, 15) is 9.18 Å². The molecule has 1 heterocycles. The summed E-state index contributed by atoms with van der Waals surface area (Å²) >= 11 is 0. The monoisotopic (exact) mass is 302 g/mol. The predicted octanol–water partition coefficient (Wildman–Crippen LogP) is 2.43. The number of benzene rings is 1. The highest BCUT2D eigenvalue weighted by Crippen LogP contribution is 2.23. The second-order valence-electron chi connectivity index (χ2n) is 4.80. The molecule has 1 aliphatic heterocycles. The highest BCUT2D eigenvalue weighted by atomic mass is 35.5. The number of piperidine rings is 1. The number of halogens is 2. The molecule has 0 saturated carbocycles. The zero-order chi connectivity index (χ0) is 13.6. The van der Waals surface area contributed by atoms with Gasteiger partial charge in [0.05, 0.1) is 0 Å². The second kappa shape index (κ2) is 8.07. The zero-order valence-corrected chi connectivity index (χ0v) is 12.0. The van der Waals surface area contributed by atoms with Crippen molar-refractivity contribution in [1.29, 1.82) is 0 Å². The first kappa shape index (κ1) is 16.7. The maximum atomic E-state index is 13.1. The van der Waals surface area contributed by atoms with Crippen LogP contribution >= 0.6 is 12.4 Å². The molecule has 1 fully saturated rings. The Morgan fingerprint density at radius 2 is 1.95 bits per heavy atom. The number of hydrogen-bond donors (Lipinski definition) is 2. The van der Waals surface area contributed by atoms with Crippen molar-refractivity contribution in [2.75, 3.05) is 19.8 Å². The minimum absolute atomic E-state index is 0. The van der Waals surface area contributed by atoms with Gasteiger partial charge in [-0.25, -0.2) is 9.18 Å². The highest BCUT2D eigenvalue weighted by molar-refractivity contribution is 5.85. The van der Waals surface area contributed by atoms with Crippen molar-refractivity contribution in [2.45, 2.75) is 25.0 Å². The van der Waals surface area contributed by atoms with Gasteiger partial charge in [-0.05, 0) is 18.7 Å². The molecule has 2 rings (SSSR count). The van der Waals surface area contributed by atoms with Crippen LogP contribution in [-0.2, 0) is 11.3 Å². The molecule has 0 spiro atoms. The maximum Gasteiger partial charge on any atom is 0.408 e. The van der Waals surface area contributed by atoms with Crippen LogP contribution in [0.15, 0.2) is 30.3 Å². The fourth-order valence-corrected chi connectivity index (χ4v) is 2.15. The Bertz CT molecular complexity index is 411. The van der Waals surface area contributed by atoms with Crippen LogP contribution < -0.4 is 10.6 Å². The minimum Gasteiger partial charge on any atom is -0.440 e. The summed E-state index contributed by atoms with van der Waals surface area (Å²) in [5.41, 5.74) is 0.0329. The van der Waals surface area contributed by atoms with Crippen molar-refractivity contribution in [3.05, 3.63) is 35.9 Å². The van der Waals surface area contributed by atoms with Gasteiger partial charge in [-0.3, -0.25) is 0 Å². The molecule has 112 valence electrons. The van der Waals surface area contributed by atoms with Crippen LogP contribution in [0.25, 0.3) is 0 Å². The lowest BCUT2D eigenvalue weighted by molar-refractivity contribution is -0.0286. The Kier molecular flexibility index (Phi) is 6.75. The molecule has 0 aromatic heterocycles. The van der Waals surface area contributed by atoms with E-state index >= 15 is 0 Å². The van der Waals surface area contributed by atoms with Crippen molar-refractivity contribution in [3.63, 3.8) is 0 Å². The van der Waals surface area contributed by atoms with Gasteiger partial charge in [0, 0.05) is 19.4 Å². The Balaban J connectivity index is 0.00000200. The van der Waals surface area contributed by atoms with Gasteiger partial charge < -0.3 is 15.4 Å². The Morgan fingerprint density at radius 3 is 2.55 bits per heavy atom. The number of hydrogen-bond acceptors (Lipinski definition) is 3. The molecule has 0 radical (unpaired) electrons. The van der Waals surface area contributed by atoms with Crippen LogP contribution in [0.5, 0.6) is 0 Å². The third-order valence-electron chi connectivity index (χ3n) is 3.35. The van der Waals surface area contributed by atoms with Gasteiger partial charge >= 0.3 is 6.09 Å². The van der Waals surface area contributed by atoms with E-state index in [1.807, 2.05) is 30.3 Å². The lowest BCUT2D eigenvalue weighted by atomic mass is 9.94. The topological polar surface area (TPSA) is 50.4 Å². The van der Waals surface area contributed by atoms with E-state index in [2.05, 4.69) is 10.6 Å². The van der Waals surface area contributed by atoms with Crippen molar-refractivity contribution in [1.82, 2.24) is 10.6 Å². The first-order valence-electron chi connectivity index (χ1n) is 6.52. The zero-order valence-electron chi connectivity index (χ0n) is 11.2. The average Bonchev–Trinajstić information content (AvgIpc) is 2.47. The van der Waals surface area contributed by atoms with Crippen LogP contribution in [0, 0.1) is 0 Å². The predicted molar refractivity (Wildman–Crippen MR) is 77.8 cm³/mol. The Morgan fingerprint density at radius 1 is 1.30 bits per heavy atom. The standard InChI is InChI=1S/C14H19FN2O2.ClH/c15-11-14(6-8-16-9-7-14)19-13(18)17-10-12-4-2-1-3-5-12;/h1-5,16H,6-11H2,(H,17,18);1H. The number of carbonyl (C=O) groups excluding carboxylic acids is 1. The van der Waals surface area contributed by atoms with Gasteiger partial charge in [-0.2, -0.15) is 0 Å². The normalized spacial score (nSPS) is 16.9. The highest BCUT2D eigenvalue weighted by Gasteiger charge is 2.36. The summed E-state index contributed by atoms with van der Waals surface area (Å²) in [7, 11) is 0. The molecular formula is C14H20ClFN2O2. The summed E-state index contributed by atoms with van der Waals surface area (Å²) in [5, 5.41) is 5.78. The number of alkyl carbamates (subject to hydrolysis) is 1. The molecule has 1 aliphatic rings. The molecule has 1 amide bonds. The van der Waals surface area contributed by atoms with Gasteiger partial charge in [0.25, 0.3) is 0 Å². The minimum atomic E-state index is -0.952. The van der Waals surface area contributed by atoms with Gasteiger partial charge in [0.2, 0.25) is 0 Å². The molecule has 20 heavy (non-hydrogen) atoms. The lowest BCUT2D eigenvalue weighted by Crippen LogP contribution is -2.48. The van der Waals surface area contributed by atoms with Crippen molar-refractivity contribution in [2.24, 2.45) is 0 Å². The third kappa shape index (κ3) is 4.65. The Labute approximate surface area is 124 Å². The number of alkyl halides is 1. The average molecular weight is 303 g/mol. The summed E-state index contributed by atoms with van der Waals surface area (Å²) in [6.45, 7) is 1.11. The van der Waals surface area contributed by atoms with E-state index in [0.29, 0.717) is 32.5 Å². The SMILES string of the molecule is Cl.O=C(NCc1ccccc1)OC1(CF)CCNCC1. The summed E-state index contributed by atoms with van der Waals surface area (Å²) in [5.74, 6) is 0. The summed E-state index contributed by atoms with van der Waals surface area (Å²) in [6.07, 6.45) is 0.480. The second-order valence-corrected chi connectivity index (χ2v) is 4.80. The summed E-state index contributed by atoms with van der Waals surface area (Å²) < 4.78 is 18.4. The van der Waals surface area contributed by atoms with Crippen molar-refractivity contribution < 1.29 is 13.9 Å². The fourth-order valence-electron chi connectivity index (χ4n) is 2.15. The first-order valence-corrected chi connectivity index (χ1v) is 6.52. The molecular weight excluding hydrogens is 283 g/mol. The van der Waals surface area contributed by atoms with Gasteiger partial charge in [-0.1, -0.05) is 30.3 Å². The first-order chi connectivity index (χ1) is 9.24. The largest absolute Gasteiger partial charge is 0.440 e. The lowest BCUT2D eigenvalue weighted by Gasteiger charge is -2.34. The maximum absolute atomic E-state index is 13.1. The van der Waals surface area contributed by atoms with Crippen LogP contribution in [0.1, 0.15) is 18.4 Å². The van der Waals surface area contributed by atoms with Crippen LogP contribution in [0.3, 0.4) is 0 Å². The number of rotatable bonds is 4. The van der Waals surface area contributed by atoms with E-state index < -0.39 is 18.4 Å². The third-order valence-corrected chi connectivity index (χ3v) is 3.35. The molecule has 0 atom stereocenters. The van der Waals surface area contributed by atoms with Gasteiger partial charge in [0.15, 0.2) is 0 Å². The number of ether oxygens (including phenoxy) is 1. The molecule has 0 aliphatic carbocycles. The summed E-state index contributed by atoms with van der Waals surface area (Å²) in [4.78, 5) is 11.7. The molecule has 2 N–H and O–H groups in total. The molecule has 1 aromatic rings. The molecule has 1 saturated heterocycles. The van der Waals surface area contributed by atoms with Crippen LogP contribution in [0.4, 0.5) is 9.18 Å². The smallest absolute Gasteiger partial charge is 0.408 e. The number of carbonyl (C=O) groups is 1. The van der Waals surface area contributed by atoms with E-state index in [4.69, 9.17) is 4.74 Å². The Hall–Kier alpha value is -1.33. The summed E-state index contributed by atoms with van der Waals surface area (Å²) in [6, 6.07) is 9.54. The molecule has 1 aromatic carbocycles. The van der Waals surface area contributed by atoms with Crippen LogP contribution in [0.2, 0.25) is 0 Å². The van der Waals surface area contributed by atoms with E-state index in [-0.39, 0.29) is 12.4 Å². The molecule has 4 nitrogen and oxygen atoms in total. The van der Waals surface area contributed by atoms with Crippen molar-refractivity contribution in [3.8, 4) is 0 Å². The quantitative estimate of drug-likeness (QED) is 0.898.